The van der Waals surface area contributed by atoms with Crippen molar-refractivity contribution in [3.8, 4) is 0 Å². The Hall–Kier alpha value is -3.13. The van der Waals surface area contributed by atoms with Crippen LogP contribution in [0.2, 0.25) is 0 Å². The third kappa shape index (κ3) is 4.95. The number of aryl methyl sites for hydroxylation is 1. The second-order valence-electron chi connectivity index (χ2n) is 5.99. The van der Waals surface area contributed by atoms with Crippen LogP contribution in [0.5, 0.6) is 0 Å². The zero-order chi connectivity index (χ0) is 19.4. The fourth-order valence-corrected chi connectivity index (χ4v) is 3.48. The van der Waals surface area contributed by atoms with Gasteiger partial charge in [0.05, 0.1) is 11.3 Å². The maximum Gasteiger partial charge on any atom is 0.335 e. The Bertz CT molecular complexity index is 925. The molecule has 0 saturated carbocycles. The first-order chi connectivity index (χ1) is 12.9. The topological polar surface area (TPSA) is 108 Å². The lowest BCUT2D eigenvalue weighted by molar-refractivity contribution is -0.122. The SMILES string of the molecule is Cc1cccc(NC(=O)CC2SC(=Nc3ccc(C(=O)O)cc3)NC2=O)c1. The molecule has 3 rings (SSSR count). The smallest absolute Gasteiger partial charge is 0.335 e. The first kappa shape index (κ1) is 18.7. The molecule has 1 saturated heterocycles. The summed E-state index contributed by atoms with van der Waals surface area (Å²) in [5.74, 6) is -1.54. The number of hydrogen-bond donors (Lipinski definition) is 3. The first-order valence-electron chi connectivity index (χ1n) is 8.17. The summed E-state index contributed by atoms with van der Waals surface area (Å²) < 4.78 is 0. The lowest BCUT2D eigenvalue weighted by Crippen LogP contribution is -2.28. The summed E-state index contributed by atoms with van der Waals surface area (Å²) in [7, 11) is 0. The molecule has 0 radical (unpaired) electrons. The van der Waals surface area contributed by atoms with Crippen LogP contribution in [-0.4, -0.2) is 33.3 Å². The molecule has 0 spiro atoms. The van der Waals surface area contributed by atoms with Crippen molar-refractivity contribution in [1.29, 1.82) is 0 Å². The second kappa shape index (κ2) is 8.05. The molecule has 1 aliphatic heterocycles. The minimum Gasteiger partial charge on any atom is -0.478 e. The highest BCUT2D eigenvalue weighted by Crippen LogP contribution is 2.25. The van der Waals surface area contributed by atoms with Gasteiger partial charge in [-0.1, -0.05) is 23.9 Å². The third-order valence-electron chi connectivity index (χ3n) is 3.79. The standard InChI is InChI=1S/C19H17N3O4S/c1-11-3-2-4-14(9-11)20-16(23)10-15-17(24)22-19(27-15)21-13-7-5-12(6-8-13)18(25)26/h2-9,15H,10H2,1H3,(H,20,23)(H,25,26)(H,21,22,24). The summed E-state index contributed by atoms with van der Waals surface area (Å²) in [5, 5.41) is 14.2. The number of amides is 2. The summed E-state index contributed by atoms with van der Waals surface area (Å²) in [6.07, 6.45) is 0.0292. The predicted octanol–water partition coefficient (Wildman–Crippen LogP) is 2.94. The van der Waals surface area contributed by atoms with E-state index >= 15 is 0 Å². The van der Waals surface area contributed by atoms with Gasteiger partial charge in [0.1, 0.15) is 5.25 Å². The Balaban J connectivity index is 1.61. The van der Waals surface area contributed by atoms with Crippen LogP contribution in [0.15, 0.2) is 53.5 Å². The normalized spacial score (nSPS) is 17.6. The summed E-state index contributed by atoms with van der Waals surface area (Å²) in [6.45, 7) is 1.93. The Morgan fingerprint density at radius 1 is 1.22 bits per heavy atom. The molecule has 1 heterocycles. The number of thioether (sulfide) groups is 1. The maximum absolute atomic E-state index is 12.2. The zero-order valence-corrected chi connectivity index (χ0v) is 15.2. The van der Waals surface area contributed by atoms with Crippen LogP contribution in [0.25, 0.3) is 0 Å². The average molecular weight is 383 g/mol. The van der Waals surface area contributed by atoms with E-state index in [4.69, 9.17) is 5.11 Å². The van der Waals surface area contributed by atoms with Crippen molar-refractivity contribution in [2.45, 2.75) is 18.6 Å². The van der Waals surface area contributed by atoms with Gasteiger partial charge in [-0.3, -0.25) is 9.59 Å². The number of anilines is 1. The molecule has 0 bridgehead atoms. The quantitative estimate of drug-likeness (QED) is 0.736. The van der Waals surface area contributed by atoms with Crippen LogP contribution >= 0.6 is 11.8 Å². The fraction of sp³-hybridized carbons (Fsp3) is 0.158. The van der Waals surface area contributed by atoms with Crippen molar-refractivity contribution in [2.24, 2.45) is 4.99 Å². The molecule has 7 nitrogen and oxygen atoms in total. The molecule has 1 fully saturated rings. The molecule has 3 N–H and O–H groups in total. The van der Waals surface area contributed by atoms with Gasteiger partial charge in [-0.2, -0.15) is 0 Å². The molecular weight excluding hydrogens is 366 g/mol. The van der Waals surface area contributed by atoms with Crippen molar-refractivity contribution in [1.82, 2.24) is 5.32 Å². The second-order valence-corrected chi connectivity index (χ2v) is 7.18. The van der Waals surface area contributed by atoms with E-state index in [0.29, 0.717) is 16.5 Å². The summed E-state index contributed by atoms with van der Waals surface area (Å²) >= 11 is 1.18. The predicted molar refractivity (Wildman–Crippen MR) is 104 cm³/mol. The van der Waals surface area contributed by atoms with E-state index in [1.807, 2.05) is 25.1 Å². The van der Waals surface area contributed by atoms with Gasteiger partial charge in [-0.25, -0.2) is 9.79 Å². The van der Waals surface area contributed by atoms with Crippen LogP contribution in [-0.2, 0) is 9.59 Å². The molecule has 8 heteroatoms. The summed E-state index contributed by atoms with van der Waals surface area (Å²) in [4.78, 5) is 39.4. The van der Waals surface area contributed by atoms with Crippen molar-refractivity contribution >= 4 is 46.1 Å². The minimum absolute atomic E-state index is 0.0292. The number of nitrogens with one attached hydrogen (secondary N) is 2. The fourth-order valence-electron chi connectivity index (χ4n) is 2.49. The van der Waals surface area contributed by atoms with Crippen molar-refractivity contribution in [3.63, 3.8) is 0 Å². The molecule has 2 amide bonds. The Kier molecular flexibility index (Phi) is 5.56. The lowest BCUT2D eigenvalue weighted by Gasteiger charge is -2.07. The number of amidine groups is 1. The number of rotatable bonds is 5. The number of benzene rings is 2. The Morgan fingerprint density at radius 3 is 2.63 bits per heavy atom. The highest BCUT2D eigenvalue weighted by Gasteiger charge is 2.32. The molecule has 1 atom stereocenters. The van der Waals surface area contributed by atoms with E-state index in [2.05, 4.69) is 15.6 Å². The van der Waals surface area contributed by atoms with Gasteiger partial charge in [-0.05, 0) is 48.9 Å². The Morgan fingerprint density at radius 2 is 1.96 bits per heavy atom. The van der Waals surface area contributed by atoms with Crippen molar-refractivity contribution in [2.75, 3.05) is 5.32 Å². The number of aromatic carboxylic acids is 1. The minimum atomic E-state index is -1.02. The van der Waals surface area contributed by atoms with Crippen LogP contribution in [0, 0.1) is 6.92 Å². The van der Waals surface area contributed by atoms with E-state index in [9.17, 15) is 14.4 Å². The average Bonchev–Trinajstić information content (AvgIpc) is 2.94. The molecule has 27 heavy (non-hydrogen) atoms. The van der Waals surface area contributed by atoms with Gasteiger partial charge < -0.3 is 15.7 Å². The number of carbonyl (C=O) groups excluding carboxylic acids is 2. The van der Waals surface area contributed by atoms with E-state index in [-0.39, 0.29) is 23.8 Å². The molecule has 2 aromatic carbocycles. The molecule has 1 unspecified atom stereocenters. The molecule has 0 aromatic heterocycles. The number of nitrogens with zero attached hydrogens (tertiary/aromatic N) is 1. The molecular formula is C19H17N3O4S. The largest absolute Gasteiger partial charge is 0.478 e. The summed E-state index contributed by atoms with van der Waals surface area (Å²) in [6, 6.07) is 13.4. The van der Waals surface area contributed by atoms with Crippen LogP contribution in [0.4, 0.5) is 11.4 Å². The van der Waals surface area contributed by atoms with Crippen molar-refractivity contribution < 1.29 is 19.5 Å². The zero-order valence-electron chi connectivity index (χ0n) is 14.4. The van der Waals surface area contributed by atoms with E-state index in [1.165, 1.54) is 23.9 Å². The van der Waals surface area contributed by atoms with Gasteiger partial charge in [0, 0.05) is 12.1 Å². The van der Waals surface area contributed by atoms with E-state index in [0.717, 1.165) is 5.56 Å². The van der Waals surface area contributed by atoms with Gasteiger partial charge in [0.15, 0.2) is 5.17 Å². The lowest BCUT2D eigenvalue weighted by atomic mass is 10.2. The molecule has 1 aliphatic rings. The highest BCUT2D eigenvalue weighted by atomic mass is 32.2. The van der Waals surface area contributed by atoms with Crippen LogP contribution in [0.3, 0.4) is 0 Å². The first-order valence-corrected chi connectivity index (χ1v) is 9.05. The number of carboxylic acids is 1. The van der Waals surface area contributed by atoms with Crippen LogP contribution in [0.1, 0.15) is 22.3 Å². The number of hydrogen-bond acceptors (Lipinski definition) is 5. The number of aliphatic imine (C=N–C) groups is 1. The van der Waals surface area contributed by atoms with Gasteiger partial charge in [0.25, 0.3) is 0 Å². The number of carbonyl (C=O) groups is 3. The van der Waals surface area contributed by atoms with Crippen LogP contribution < -0.4 is 10.6 Å². The van der Waals surface area contributed by atoms with Gasteiger partial charge >= 0.3 is 5.97 Å². The van der Waals surface area contributed by atoms with E-state index < -0.39 is 11.2 Å². The Labute approximate surface area is 159 Å². The third-order valence-corrected chi connectivity index (χ3v) is 4.88. The van der Waals surface area contributed by atoms with Gasteiger partial charge in [0.2, 0.25) is 11.8 Å². The monoisotopic (exact) mass is 383 g/mol. The van der Waals surface area contributed by atoms with Crippen molar-refractivity contribution in [3.05, 3.63) is 59.7 Å². The van der Waals surface area contributed by atoms with Gasteiger partial charge in [-0.15, -0.1) is 0 Å². The van der Waals surface area contributed by atoms with E-state index in [1.54, 1.807) is 18.2 Å². The molecule has 138 valence electrons. The number of carboxylic acid groups (broad SMARTS) is 1. The summed E-state index contributed by atoms with van der Waals surface area (Å²) in [5.41, 5.74) is 2.40. The maximum atomic E-state index is 12.2. The molecule has 0 aliphatic carbocycles. The highest BCUT2D eigenvalue weighted by molar-refractivity contribution is 8.15. The molecule has 2 aromatic rings.